The van der Waals surface area contributed by atoms with E-state index in [1.807, 2.05) is 19.9 Å². The number of carbonyl (C=O) groups is 2. The molecule has 1 amide bonds. The average Bonchev–Trinajstić information content (AvgIpc) is 2.29. The standard InChI is InChI=1S/C13H20N2O2/c1-10(2)15-12(17)13(11(16)6-9-14)7-4-3-5-8-13/h10H,3-8H2,1-2H3,(H,15,17). The van der Waals surface area contributed by atoms with Gasteiger partial charge in [0, 0.05) is 6.04 Å². The first-order chi connectivity index (χ1) is 8.03. The largest absolute Gasteiger partial charge is 0.353 e. The van der Waals surface area contributed by atoms with Gasteiger partial charge in [0.1, 0.15) is 5.41 Å². The number of amides is 1. The predicted molar refractivity (Wildman–Crippen MR) is 64.0 cm³/mol. The topological polar surface area (TPSA) is 70.0 Å². The number of Topliss-reactive ketones (excluding diaryl/α,β-unsaturated/α-hetero) is 1. The third-order valence-corrected chi connectivity index (χ3v) is 3.33. The van der Waals surface area contributed by atoms with E-state index in [0.29, 0.717) is 12.8 Å². The molecule has 1 saturated carbocycles. The molecule has 1 aliphatic rings. The van der Waals surface area contributed by atoms with Crippen LogP contribution < -0.4 is 5.32 Å². The summed E-state index contributed by atoms with van der Waals surface area (Å²) < 4.78 is 0. The van der Waals surface area contributed by atoms with Gasteiger partial charge in [-0.15, -0.1) is 0 Å². The molecule has 0 radical (unpaired) electrons. The van der Waals surface area contributed by atoms with Crippen molar-refractivity contribution in [2.45, 2.75) is 58.4 Å². The highest BCUT2D eigenvalue weighted by Gasteiger charge is 2.45. The second-order valence-electron chi connectivity index (χ2n) is 5.03. The summed E-state index contributed by atoms with van der Waals surface area (Å²) in [7, 11) is 0. The van der Waals surface area contributed by atoms with Crippen LogP contribution in [0.4, 0.5) is 0 Å². The molecule has 1 aliphatic carbocycles. The van der Waals surface area contributed by atoms with Gasteiger partial charge in [0.15, 0.2) is 5.78 Å². The van der Waals surface area contributed by atoms with Crippen molar-refractivity contribution < 1.29 is 9.59 Å². The Balaban J connectivity index is 2.89. The Bertz CT molecular complexity index is 336. The van der Waals surface area contributed by atoms with Crippen LogP contribution in [0.15, 0.2) is 0 Å². The summed E-state index contributed by atoms with van der Waals surface area (Å²) in [6.45, 7) is 3.76. The summed E-state index contributed by atoms with van der Waals surface area (Å²) in [4.78, 5) is 24.3. The Kier molecular flexibility index (Phi) is 4.68. The Morgan fingerprint density at radius 3 is 2.35 bits per heavy atom. The zero-order valence-corrected chi connectivity index (χ0v) is 10.6. The fourth-order valence-electron chi connectivity index (χ4n) is 2.43. The quantitative estimate of drug-likeness (QED) is 0.758. The van der Waals surface area contributed by atoms with E-state index in [-0.39, 0.29) is 24.2 Å². The number of hydrogen-bond donors (Lipinski definition) is 1. The molecule has 4 nitrogen and oxygen atoms in total. The first-order valence-corrected chi connectivity index (χ1v) is 6.24. The van der Waals surface area contributed by atoms with Crippen LogP contribution in [0.3, 0.4) is 0 Å². The molecule has 0 heterocycles. The number of nitrogens with zero attached hydrogens (tertiary/aromatic N) is 1. The molecular formula is C13H20N2O2. The molecule has 1 rings (SSSR count). The van der Waals surface area contributed by atoms with Crippen molar-refractivity contribution in [2.75, 3.05) is 0 Å². The van der Waals surface area contributed by atoms with E-state index in [2.05, 4.69) is 5.32 Å². The van der Waals surface area contributed by atoms with Gasteiger partial charge in [0.2, 0.25) is 5.91 Å². The highest BCUT2D eigenvalue weighted by Crippen LogP contribution is 2.38. The Morgan fingerprint density at radius 2 is 1.88 bits per heavy atom. The van der Waals surface area contributed by atoms with Crippen LogP contribution in [0.1, 0.15) is 52.4 Å². The van der Waals surface area contributed by atoms with E-state index in [4.69, 9.17) is 5.26 Å². The number of hydrogen-bond acceptors (Lipinski definition) is 3. The molecule has 0 atom stereocenters. The van der Waals surface area contributed by atoms with Crippen LogP contribution in [0.2, 0.25) is 0 Å². The fourth-order valence-corrected chi connectivity index (χ4v) is 2.43. The number of rotatable bonds is 4. The van der Waals surface area contributed by atoms with E-state index in [1.165, 1.54) is 0 Å². The monoisotopic (exact) mass is 236 g/mol. The minimum Gasteiger partial charge on any atom is -0.353 e. The molecule has 0 saturated heterocycles. The van der Waals surface area contributed by atoms with Crippen molar-refractivity contribution in [1.29, 1.82) is 5.26 Å². The van der Waals surface area contributed by atoms with Crippen molar-refractivity contribution in [1.82, 2.24) is 5.32 Å². The predicted octanol–water partition coefficient (Wildman–Crippen LogP) is 1.94. The minimum absolute atomic E-state index is 0.0242. The van der Waals surface area contributed by atoms with Gasteiger partial charge in [-0.2, -0.15) is 5.26 Å². The maximum Gasteiger partial charge on any atom is 0.233 e. The van der Waals surface area contributed by atoms with E-state index >= 15 is 0 Å². The normalized spacial score (nSPS) is 18.5. The maximum absolute atomic E-state index is 12.2. The minimum atomic E-state index is -0.932. The summed E-state index contributed by atoms with van der Waals surface area (Å²) in [5.74, 6) is -0.398. The Hall–Kier alpha value is -1.37. The number of ketones is 1. The van der Waals surface area contributed by atoms with Gasteiger partial charge in [-0.05, 0) is 26.7 Å². The van der Waals surface area contributed by atoms with Gasteiger partial charge in [-0.3, -0.25) is 9.59 Å². The highest BCUT2D eigenvalue weighted by atomic mass is 16.2. The molecule has 4 heteroatoms. The molecule has 0 bridgehead atoms. The van der Waals surface area contributed by atoms with Crippen LogP contribution >= 0.6 is 0 Å². The zero-order valence-electron chi connectivity index (χ0n) is 10.6. The smallest absolute Gasteiger partial charge is 0.233 e. The highest BCUT2D eigenvalue weighted by molar-refractivity contribution is 6.06. The van der Waals surface area contributed by atoms with Crippen LogP contribution in [-0.4, -0.2) is 17.7 Å². The van der Waals surface area contributed by atoms with Crippen LogP contribution in [0.25, 0.3) is 0 Å². The van der Waals surface area contributed by atoms with Gasteiger partial charge in [-0.1, -0.05) is 19.3 Å². The average molecular weight is 236 g/mol. The Morgan fingerprint density at radius 1 is 1.29 bits per heavy atom. The van der Waals surface area contributed by atoms with Crippen molar-refractivity contribution in [3.05, 3.63) is 0 Å². The van der Waals surface area contributed by atoms with Crippen LogP contribution in [0.5, 0.6) is 0 Å². The van der Waals surface area contributed by atoms with E-state index < -0.39 is 5.41 Å². The molecule has 0 unspecified atom stereocenters. The van der Waals surface area contributed by atoms with Gasteiger partial charge in [-0.25, -0.2) is 0 Å². The van der Waals surface area contributed by atoms with Crippen molar-refractivity contribution in [3.63, 3.8) is 0 Å². The fraction of sp³-hybridized carbons (Fsp3) is 0.769. The molecule has 1 fully saturated rings. The lowest BCUT2D eigenvalue weighted by molar-refractivity contribution is -0.144. The number of carbonyl (C=O) groups excluding carboxylic acids is 2. The van der Waals surface area contributed by atoms with Crippen molar-refractivity contribution >= 4 is 11.7 Å². The first-order valence-electron chi connectivity index (χ1n) is 6.24. The molecular weight excluding hydrogens is 216 g/mol. The number of nitrogens with one attached hydrogen (secondary N) is 1. The maximum atomic E-state index is 12.2. The van der Waals surface area contributed by atoms with E-state index in [9.17, 15) is 9.59 Å². The molecule has 0 aromatic rings. The summed E-state index contributed by atoms with van der Waals surface area (Å²) in [6.07, 6.45) is 3.87. The van der Waals surface area contributed by atoms with Crippen molar-refractivity contribution in [2.24, 2.45) is 5.41 Å². The van der Waals surface area contributed by atoms with Gasteiger partial charge >= 0.3 is 0 Å². The lowest BCUT2D eigenvalue weighted by Gasteiger charge is -2.34. The second kappa shape index (κ2) is 5.81. The summed E-state index contributed by atoms with van der Waals surface area (Å²) in [5.41, 5.74) is -0.932. The molecule has 0 aromatic heterocycles. The van der Waals surface area contributed by atoms with Gasteiger partial charge in [0.25, 0.3) is 0 Å². The molecule has 0 spiro atoms. The second-order valence-corrected chi connectivity index (χ2v) is 5.03. The van der Waals surface area contributed by atoms with Gasteiger partial charge < -0.3 is 5.32 Å². The lowest BCUT2D eigenvalue weighted by atomic mass is 9.69. The van der Waals surface area contributed by atoms with Crippen LogP contribution in [-0.2, 0) is 9.59 Å². The van der Waals surface area contributed by atoms with Gasteiger partial charge in [0.05, 0.1) is 12.5 Å². The molecule has 1 N–H and O–H groups in total. The summed E-state index contributed by atoms with van der Waals surface area (Å²) in [6, 6.07) is 1.89. The third kappa shape index (κ3) is 3.06. The van der Waals surface area contributed by atoms with Crippen molar-refractivity contribution in [3.8, 4) is 6.07 Å². The van der Waals surface area contributed by atoms with E-state index in [1.54, 1.807) is 0 Å². The summed E-state index contributed by atoms with van der Waals surface area (Å²) >= 11 is 0. The lowest BCUT2D eigenvalue weighted by Crippen LogP contribution is -2.49. The molecule has 17 heavy (non-hydrogen) atoms. The molecule has 0 aromatic carbocycles. The SMILES string of the molecule is CC(C)NC(=O)C1(C(=O)CC#N)CCCCC1. The summed E-state index contributed by atoms with van der Waals surface area (Å²) in [5, 5.41) is 11.5. The molecule has 0 aliphatic heterocycles. The third-order valence-electron chi connectivity index (χ3n) is 3.33. The zero-order chi connectivity index (χ0) is 12.9. The van der Waals surface area contributed by atoms with Crippen LogP contribution in [0, 0.1) is 16.7 Å². The molecule has 94 valence electrons. The first kappa shape index (κ1) is 13.7. The Labute approximate surface area is 102 Å². The number of nitriles is 1. The van der Waals surface area contributed by atoms with E-state index in [0.717, 1.165) is 19.3 Å².